The van der Waals surface area contributed by atoms with Crippen molar-refractivity contribution < 1.29 is 10.0 Å². The lowest BCUT2D eigenvalue weighted by Gasteiger charge is -2.22. The number of anilines is 2. The standard InChI is InChI=1S/C13H22N4O3/c1-4-6-14-11-7-10(17(19)20)8-12(16-11)15-9-13(3,18)5-2/h7-8,18H,4-6,9H2,1-3H3,(H2,14,15,16). The summed E-state index contributed by atoms with van der Waals surface area (Å²) in [5.74, 6) is 0.839. The van der Waals surface area contributed by atoms with Crippen LogP contribution in [-0.2, 0) is 0 Å². The van der Waals surface area contributed by atoms with Crippen molar-refractivity contribution in [3.63, 3.8) is 0 Å². The van der Waals surface area contributed by atoms with Crippen LogP contribution in [0.15, 0.2) is 12.1 Å². The van der Waals surface area contributed by atoms with Crippen molar-refractivity contribution in [2.75, 3.05) is 23.7 Å². The fourth-order valence-corrected chi connectivity index (χ4v) is 1.46. The average Bonchev–Trinajstić information content (AvgIpc) is 2.43. The van der Waals surface area contributed by atoms with E-state index in [1.165, 1.54) is 12.1 Å². The first-order chi connectivity index (χ1) is 9.38. The Bertz CT molecular complexity index is 463. The summed E-state index contributed by atoms with van der Waals surface area (Å²) in [6.45, 7) is 6.55. The van der Waals surface area contributed by atoms with Crippen LogP contribution >= 0.6 is 0 Å². The second-order valence-electron chi connectivity index (χ2n) is 4.98. The summed E-state index contributed by atoms with van der Waals surface area (Å²) in [5, 5.41) is 26.8. The Morgan fingerprint density at radius 3 is 2.45 bits per heavy atom. The van der Waals surface area contributed by atoms with Crippen molar-refractivity contribution in [2.24, 2.45) is 0 Å². The van der Waals surface area contributed by atoms with Gasteiger partial charge in [-0.15, -0.1) is 0 Å². The minimum absolute atomic E-state index is 0.0303. The minimum atomic E-state index is -0.872. The van der Waals surface area contributed by atoms with Crippen molar-refractivity contribution in [2.45, 2.75) is 39.2 Å². The zero-order chi connectivity index (χ0) is 15.2. The Morgan fingerprint density at radius 1 is 1.35 bits per heavy atom. The lowest BCUT2D eigenvalue weighted by Crippen LogP contribution is -2.32. The van der Waals surface area contributed by atoms with E-state index in [9.17, 15) is 15.2 Å². The van der Waals surface area contributed by atoms with Crippen LogP contribution in [0.1, 0.15) is 33.6 Å². The van der Waals surface area contributed by atoms with Gasteiger partial charge in [-0.05, 0) is 19.8 Å². The van der Waals surface area contributed by atoms with Gasteiger partial charge in [0.1, 0.15) is 11.6 Å². The quantitative estimate of drug-likeness (QED) is 0.500. The van der Waals surface area contributed by atoms with Gasteiger partial charge in [0, 0.05) is 13.1 Å². The molecule has 0 spiro atoms. The molecule has 0 saturated heterocycles. The maximum Gasteiger partial charge on any atom is 0.276 e. The van der Waals surface area contributed by atoms with Gasteiger partial charge in [-0.2, -0.15) is 0 Å². The van der Waals surface area contributed by atoms with Crippen molar-refractivity contribution in [3.8, 4) is 0 Å². The molecule has 0 radical (unpaired) electrons. The van der Waals surface area contributed by atoms with E-state index in [1.807, 2.05) is 13.8 Å². The van der Waals surface area contributed by atoms with E-state index in [4.69, 9.17) is 0 Å². The van der Waals surface area contributed by atoms with E-state index in [-0.39, 0.29) is 12.2 Å². The molecule has 20 heavy (non-hydrogen) atoms. The first-order valence-electron chi connectivity index (χ1n) is 6.74. The fraction of sp³-hybridized carbons (Fsp3) is 0.615. The molecule has 1 unspecified atom stereocenters. The summed E-state index contributed by atoms with van der Waals surface area (Å²) < 4.78 is 0. The van der Waals surface area contributed by atoms with Gasteiger partial charge in [0.15, 0.2) is 0 Å². The van der Waals surface area contributed by atoms with Crippen LogP contribution in [0.3, 0.4) is 0 Å². The molecule has 1 aromatic rings. The van der Waals surface area contributed by atoms with Crippen LogP contribution < -0.4 is 10.6 Å². The van der Waals surface area contributed by atoms with Gasteiger partial charge in [0.25, 0.3) is 5.69 Å². The van der Waals surface area contributed by atoms with Crippen LogP contribution in [-0.4, -0.2) is 33.7 Å². The maximum atomic E-state index is 10.9. The number of aliphatic hydroxyl groups is 1. The summed E-state index contributed by atoms with van der Waals surface area (Å²) in [6.07, 6.45) is 1.48. The van der Waals surface area contributed by atoms with Gasteiger partial charge in [0.05, 0.1) is 22.7 Å². The Hall–Kier alpha value is -1.89. The third kappa shape index (κ3) is 5.00. The van der Waals surface area contributed by atoms with E-state index in [0.717, 1.165) is 6.42 Å². The molecule has 0 aliphatic carbocycles. The summed E-state index contributed by atoms with van der Waals surface area (Å²) >= 11 is 0. The Kier molecular flexibility index (Phi) is 5.69. The fourth-order valence-electron chi connectivity index (χ4n) is 1.46. The monoisotopic (exact) mass is 282 g/mol. The van der Waals surface area contributed by atoms with E-state index in [1.54, 1.807) is 6.92 Å². The summed E-state index contributed by atoms with van der Waals surface area (Å²) in [4.78, 5) is 14.7. The van der Waals surface area contributed by atoms with Gasteiger partial charge in [-0.1, -0.05) is 13.8 Å². The average molecular weight is 282 g/mol. The Balaban J connectivity index is 2.88. The van der Waals surface area contributed by atoms with E-state index >= 15 is 0 Å². The second kappa shape index (κ2) is 7.04. The van der Waals surface area contributed by atoms with Crippen LogP contribution in [0.4, 0.5) is 17.3 Å². The molecule has 1 atom stereocenters. The molecule has 3 N–H and O–H groups in total. The largest absolute Gasteiger partial charge is 0.388 e. The number of rotatable bonds is 8. The third-order valence-electron chi connectivity index (χ3n) is 2.99. The highest BCUT2D eigenvalue weighted by Gasteiger charge is 2.18. The summed E-state index contributed by atoms with van der Waals surface area (Å²) in [7, 11) is 0. The molecule has 1 aromatic heterocycles. The van der Waals surface area contributed by atoms with Crippen LogP contribution in [0, 0.1) is 10.1 Å². The molecular weight excluding hydrogens is 260 g/mol. The maximum absolute atomic E-state index is 10.9. The number of aromatic nitrogens is 1. The van der Waals surface area contributed by atoms with Gasteiger partial charge >= 0.3 is 0 Å². The molecule has 1 rings (SSSR count). The van der Waals surface area contributed by atoms with Crippen molar-refractivity contribution >= 4 is 17.3 Å². The normalized spacial score (nSPS) is 13.6. The van der Waals surface area contributed by atoms with Crippen molar-refractivity contribution in [1.82, 2.24) is 4.98 Å². The lowest BCUT2D eigenvalue weighted by molar-refractivity contribution is -0.384. The van der Waals surface area contributed by atoms with Gasteiger partial charge in [-0.25, -0.2) is 4.98 Å². The molecule has 0 saturated carbocycles. The molecule has 112 valence electrons. The van der Waals surface area contributed by atoms with Gasteiger partial charge < -0.3 is 15.7 Å². The molecule has 0 fully saturated rings. The Labute approximate surface area is 118 Å². The predicted octanol–water partition coefficient (Wildman–Crippen LogP) is 2.38. The summed E-state index contributed by atoms with van der Waals surface area (Å²) in [5.41, 5.74) is -0.902. The first kappa shape index (κ1) is 16.2. The highest BCUT2D eigenvalue weighted by molar-refractivity contribution is 5.54. The third-order valence-corrected chi connectivity index (χ3v) is 2.99. The van der Waals surface area contributed by atoms with Crippen LogP contribution in [0.2, 0.25) is 0 Å². The number of pyridine rings is 1. The first-order valence-corrected chi connectivity index (χ1v) is 6.74. The summed E-state index contributed by atoms with van der Waals surface area (Å²) in [6, 6.07) is 2.77. The highest BCUT2D eigenvalue weighted by atomic mass is 16.6. The highest BCUT2D eigenvalue weighted by Crippen LogP contribution is 2.21. The van der Waals surface area contributed by atoms with Crippen molar-refractivity contribution in [1.29, 1.82) is 0 Å². The SMILES string of the molecule is CCCNc1cc([N+](=O)[O-])cc(NCC(C)(O)CC)n1. The number of nitrogens with one attached hydrogen (secondary N) is 2. The second-order valence-corrected chi connectivity index (χ2v) is 4.98. The Morgan fingerprint density at radius 2 is 1.95 bits per heavy atom. The zero-order valence-electron chi connectivity index (χ0n) is 12.1. The molecule has 1 heterocycles. The molecule has 0 amide bonds. The number of nitrogens with zero attached hydrogens (tertiary/aromatic N) is 2. The molecular formula is C13H22N4O3. The van der Waals surface area contributed by atoms with Crippen molar-refractivity contribution in [3.05, 3.63) is 22.2 Å². The van der Waals surface area contributed by atoms with E-state index in [0.29, 0.717) is 24.6 Å². The molecule has 0 aliphatic heterocycles. The molecule has 7 nitrogen and oxygen atoms in total. The smallest absolute Gasteiger partial charge is 0.276 e. The predicted molar refractivity (Wildman–Crippen MR) is 79.1 cm³/mol. The van der Waals surface area contributed by atoms with Gasteiger partial charge in [0.2, 0.25) is 0 Å². The van der Waals surface area contributed by atoms with Crippen LogP contribution in [0.5, 0.6) is 0 Å². The topological polar surface area (TPSA) is 100 Å². The number of nitro groups is 1. The van der Waals surface area contributed by atoms with Crippen LogP contribution in [0.25, 0.3) is 0 Å². The van der Waals surface area contributed by atoms with E-state index in [2.05, 4.69) is 15.6 Å². The van der Waals surface area contributed by atoms with E-state index < -0.39 is 10.5 Å². The minimum Gasteiger partial charge on any atom is -0.388 e. The number of hydrogen-bond acceptors (Lipinski definition) is 6. The number of hydrogen-bond donors (Lipinski definition) is 3. The zero-order valence-corrected chi connectivity index (χ0v) is 12.1. The molecule has 0 aliphatic rings. The molecule has 7 heteroatoms. The lowest BCUT2D eigenvalue weighted by atomic mass is 10.0. The molecule has 0 bridgehead atoms. The van der Waals surface area contributed by atoms with Gasteiger partial charge in [-0.3, -0.25) is 10.1 Å². The molecule has 0 aromatic carbocycles.